The average Bonchev–Trinajstić information content (AvgIpc) is 2.66. The number of rotatable bonds is 6. The van der Waals surface area contributed by atoms with E-state index in [1.54, 1.807) is 0 Å². The molecule has 0 spiro atoms. The number of alkyl halides is 2. The fourth-order valence-electron chi connectivity index (χ4n) is 1.39. The van der Waals surface area contributed by atoms with Gasteiger partial charge in [-0.15, -0.1) is 5.10 Å². The number of carbonyl (C=O) groups is 1. The lowest BCUT2D eigenvalue weighted by Crippen LogP contribution is -2.38. The molecule has 1 fully saturated rings. The highest BCUT2D eigenvalue weighted by Gasteiger charge is 2.25. The first kappa shape index (κ1) is 12.7. The predicted molar refractivity (Wildman–Crippen MR) is 57.9 cm³/mol. The molecule has 0 aromatic carbocycles. The van der Waals surface area contributed by atoms with Crippen molar-refractivity contribution in [1.82, 2.24) is 9.78 Å². The predicted octanol–water partition coefficient (Wildman–Crippen LogP) is 1.06. The smallest absolute Gasteiger partial charge is 0.260 e. The maximum Gasteiger partial charge on any atom is 0.260 e. The summed E-state index contributed by atoms with van der Waals surface area (Å²) < 4.78 is 36.6. The highest BCUT2D eigenvalue weighted by molar-refractivity contribution is 5.73. The molecule has 0 aliphatic carbocycles. The minimum Gasteiger partial charge on any atom is -0.467 e. The second-order valence-corrected chi connectivity index (χ2v) is 3.94. The van der Waals surface area contributed by atoms with Crippen molar-refractivity contribution in [2.45, 2.75) is 25.5 Å². The summed E-state index contributed by atoms with van der Waals surface area (Å²) in [5.41, 5.74) is 0.268. The van der Waals surface area contributed by atoms with Crippen LogP contribution in [0.15, 0.2) is 6.20 Å². The molecule has 2 rings (SSSR count). The van der Waals surface area contributed by atoms with Gasteiger partial charge in [-0.05, 0) is 6.92 Å². The van der Waals surface area contributed by atoms with Crippen LogP contribution in [0.2, 0.25) is 0 Å². The van der Waals surface area contributed by atoms with Gasteiger partial charge in [0.1, 0.15) is 17.8 Å². The van der Waals surface area contributed by atoms with Gasteiger partial charge < -0.3 is 14.8 Å². The number of aromatic nitrogens is 2. The quantitative estimate of drug-likeness (QED) is 0.777. The first-order valence-corrected chi connectivity index (χ1v) is 5.43. The number of carbonyl (C=O) groups excluding carboxylic acids is 1. The molecule has 18 heavy (non-hydrogen) atoms. The molecule has 1 aliphatic rings. The van der Waals surface area contributed by atoms with E-state index in [1.165, 1.54) is 13.1 Å². The molecule has 6 nitrogen and oxygen atoms in total. The third-order valence-electron chi connectivity index (χ3n) is 2.58. The maximum atomic E-state index is 12.6. The number of hydrogen-bond acceptors (Lipinski definition) is 4. The highest BCUT2D eigenvalue weighted by atomic mass is 19.3. The van der Waals surface area contributed by atoms with Gasteiger partial charge in [-0.1, -0.05) is 0 Å². The van der Waals surface area contributed by atoms with Crippen molar-refractivity contribution in [3.63, 3.8) is 0 Å². The molecule has 1 amide bonds. The lowest BCUT2D eigenvalue weighted by molar-refractivity contribution is -0.105. The SMILES string of the molecule is CC(C(F)F)n1cc(NC=O)c(OC2COC2)n1. The van der Waals surface area contributed by atoms with Gasteiger partial charge in [-0.3, -0.25) is 9.48 Å². The third-order valence-corrected chi connectivity index (χ3v) is 2.58. The van der Waals surface area contributed by atoms with E-state index in [2.05, 4.69) is 10.4 Å². The molecule has 2 heterocycles. The third kappa shape index (κ3) is 2.58. The van der Waals surface area contributed by atoms with Gasteiger partial charge in [0.15, 0.2) is 0 Å². The molecule has 1 saturated heterocycles. The van der Waals surface area contributed by atoms with Crippen LogP contribution in [0.3, 0.4) is 0 Å². The molecular formula is C10H13F2N3O3. The molecule has 8 heteroatoms. The number of ether oxygens (including phenoxy) is 2. The molecule has 0 bridgehead atoms. The van der Waals surface area contributed by atoms with Crippen LogP contribution in [0.5, 0.6) is 5.88 Å². The van der Waals surface area contributed by atoms with Gasteiger partial charge >= 0.3 is 0 Å². The van der Waals surface area contributed by atoms with Gasteiger partial charge in [0.25, 0.3) is 12.3 Å². The Morgan fingerprint density at radius 3 is 2.89 bits per heavy atom. The first-order chi connectivity index (χ1) is 8.61. The molecule has 0 saturated carbocycles. The van der Waals surface area contributed by atoms with E-state index in [9.17, 15) is 13.6 Å². The number of hydrogen-bond donors (Lipinski definition) is 1. The zero-order chi connectivity index (χ0) is 13.1. The van der Waals surface area contributed by atoms with Crippen molar-refractivity contribution in [1.29, 1.82) is 0 Å². The topological polar surface area (TPSA) is 65.4 Å². The van der Waals surface area contributed by atoms with Crippen LogP contribution in [0, 0.1) is 0 Å². The number of anilines is 1. The number of nitrogens with one attached hydrogen (secondary N) is 1. The molecule has 1 aliphatic heterocycles. The first-order valence-electron chi connectivity index (χ1n) is 5.43. The van der Waals surface area contributed by atoms with Gasteiger partial charge in [0, 0.05) is 0 Å². The van der Waals surface area contributed by atoms with E-state index < -0.39 is 12.5 Å². The molecule has 1 N–H and O–H groups in total. The Bertz CT molecular complexity index is 421. The monoisotopic (exact) mass is 261 g/mol. The largest absolute Gasteiger partial charge is 0.467 e. The van der Waals surface area contributed by atoms with Crippen LogP contribution in [0.1, 0.15) is 13.0 Å². The summed E-state index contributed by atoms with van der Waals surface area (Å²) in [5, 5.41) is 6.28. The van der Waals surface area contributed by atoms with E-state index in [4.69, 9.17) is 9.47 Å². The molecule has 1 aromatic heterocycles. The minimum atomic E-state index is -2.55. The van der Waals surface area contributed by atoms with E-state index in [0.29, 0.717) is 19.6 Å². The zero-order valence-electron chi connectivity index (χ0n) is 9.68. The molecule has 1 unspecified atom stereocenters. The van der Waals surface area contributed by atoms with E-state index in [-0.39, 0.29) is 17.7 Å². The second kappa shape index (κ2) is 5.30. The number of halogens is 2. The van der Waals surface area contributed by atoms with Crippen LogP contribution in [-0.4, -0.2) is 41.9 Å². The van der Waals surface area contributed by atoms with E-state index in [1.807, 2.05) is 0 Å². The van der Waals surface area contributed by atoms with Crippen molar-refractivity contribution in [3.05, 3.63) is 6.20 Å². The molecule has 1 aromatic rings. The van der Waals surface area contributed by atoms with Gasteiger partial charge in [0.2, 0.25) is 6.41 Å². The normalized spacial score (nSPS) is 17.3. The van der Waals surface area contributed by atoms with Crippen molar-refractivity contribution >= 4 is 12.1 Å². The van der Waals surface area contributed by atoms with Crippen molar-refractivity contribution < 1.29 is 23.0 Å². The van der Waals surface area contributed by atoms with Crippen molar-refractivity contribution in [2.75, 3.05) is 18.5 Å². The van der Waals surface area contributed by atoms with Crippen LogP contribution in [0.25, 0.3) is 0 Å². The Morgan fingerprint density at radius 1 is 1.67 bits per heavy atom. The Morgan fingerprint density at radius 2 is 2.39 bits per heavy atom. The fraction of sp³-hybridized carbons (Fsp3) is 0.600. The minimum absolute atomic E-state index is 0.128. The Hall–Kier alpha value is -1.70. The maximum absolute atomic E-state index is 12.6. The summed E-state index contributed by atoms with van der Waals surface area (Å²) in [7, 11) is 0. The summed E-state index contributed by atoms with van der Waals surface area (Å²) in [4.78, 5) is 10.4. The second-order valence-electron chi connectivity index (χ2n) is 3.94. The number of nitrogens with zero attached hydrogens (tertiary/aromatic N) is 2. The summed E-state index contributed by atoms with van der Waals surface area (Å²) >= 11 is 0. The van der Waals surface area contributed by atoms with Crippen molar-refractivity contribution in [2.24, 2.45) is 0 Å². The van der Waals surface area contributed by atoms with Crippen LogP contribution in [-0.2, 0) is 9.53 Å². The lowest BCUT2D eigenvalue weighted by atomic mass is 10.3. The van der Waals surface area contributed by atoms with Gasteiger partial charge in [0.05, 0.1) is 19.4 Å². The molecule has 1 atom stereocenters. The standard InChI is InChI=1S/C10H13F2N3O3/c1-6(9(11)12)15-2-8(13-5-16)10(14-15)18-7-3-17-4-7/h2,5-7,9H,3-4H2,1H3,(H,13,16). The van der Waals surface area contributed by atoms with Crippen LogP contribution >= 0.6 is 0 Å². The summed E-state index contributed by atoms with van der Waals surface area (Å²) in [6, 6.07) is -1.09. The number of amides is 1. The van der Waals surface area contributed by atoms with Crippen molar-refractivity contribution in [3.8, 4) is 5.88 Å². The summed E-state index contributed by atoms with van der Waals surface area (Å²) in [6.07, 6.45) is -0.935. The lowest BCUT2D eigenvalue weighted by Gasteiger charge is -2.25. The Balaban J connectivity index is 2.16. The highest BCUT2D eigenvalue weighted by Crippen LogP contribution is 2.27. The van der Waals surface area contributed by atoms with Crippen LogP contribution < -0.4 is 10.1 Å². The van der Waals surface area contributed by atoms with E-state index >= 15 is 0 Å². The van der Waals surface area contributed by atoms with Crippen LogP contribution in [0.4, 0.5) is 14.5 Å². The summed E-state index contributed by atoms with van der Waals surface area (Å²) in [5.74, 6) is 0.128. The van der Waals surface area contributed by atoms with E-state index in [0.717, 1.165) is 4.68 Å². The summed E-state index contributed by atoms with van der Waals surface area (Å²) in [6.45, 7) is 2.19. The molecular weight excluding hydrogens is 248 g/mol. The fourth-order valence-corrected chi connectivity index (χ4v) is 1.39. The molecule has 100 valence electrons. The molecule has 0 radical (unpaired) electrons. The zero-order valence-corrected chi connectivity index (χ0v) is 9.68. The average molecular weight is 261 g/mol. The Labute approximate surface area is 102 Å². The van der Waals surface area contributed by atoms with Gasteiger partial charge in [-0.2, -0.15) is 0 Å². The van der Waals surface area contributed by atoms with Gasteiger partial charge in [-0.25, -0.2) is 8.78 Å². The Kier molecular flexibility index (Phi) is 3.75.